The van der Waals surface area contributed by atoms with Gasteiger partial charge in [0, 0.05) is 39.5 Å². The van der Waals surface area contributed by atoms with Crippen molar-refractivity contribution < 1.29 is 4.74 Å². The number of hydrogen-bond donors (Lipinski definition) is 2. The molecule has 5 nitrogen and oxygen atoms in total. The Morgan fingerprint density at radius 3 is 2.50 bits per heavy atom. The topological polar surface area (TPSA) is 62.9 Å². The Balaban J connectivity index is 0.00000441. The quantitative estimate of drug-likeness (QED) is 0.293. The Morgan fingerprint density at radius 1 is 1.32 bits per heavy atom. The number of methoxy groups -OCH3 is 1. The summed E-state index contributed by atoms with van der Waals surface area (Å²) >= 11 is 0. The predicted octanol–water partition coefficient (Wildman–Crippen LogP) is 2.24. The number of benzene rings is 1. The summed E-state index contributed by atoms with van der Waals surface area (Å²) in [5.74, 6) is 0.488. The van der Waals surface area contributed by atoms with Gasteiger partial charge in [0.05, 0.1) is 6.61 Å². The van der Waals surface area contributed by atoms with Crippen LogP contribution >= 0.6 is 24.0 Å². The lowest BCUT2D eigenvalue weighted by Crippen LogP contribution is -2.40. The Bertz CT molecular complexity index is 434. The van der Waals surface area contributed by atoms with Crippen molar-refractivity contribution in [1.82, 2.24) is 5.32 Å². The second kappa shape index (κ2) is 11.5. The standard InChI is InChI=1S/C16H28N4O.HI/c1-13(12-21-4)19-16(17)18-11-5-6-14-7-9-15(10-8-14)20(2)3;/h7-10,13H,5-6,11-12H2,1-4H3,(H3,17,18,19);1H. The molecule has 0 spiro atoms. The van der Waals surface area contributed by atoms with E-state index in [9.17, 15) is 0 Å². The maximum Gasteiger partial charge on any atom is 0.188 e. The molecule has 0 amide bonds. The van der Waals surface area contributed by atoms with Crippen LogP contribution in [0.25, 0.3) is 0 Å². The maximum atomic E-state index is 5.82. The number of aliphatic imine (C=N–C) groups is 1. The third-order valence-electron chi connectivity index (χ3n) is 3.17. The molecule has 1 aromatic carbocycles. The van der Waals surface area contributed by atoms with Gasteiger partial charge in [0.2, 0.25) is 0 Å². The fourth-order valence-corrected chi connectivity index (χ4v) is 2.03. The number of aryl methyl sites for hydroxylation is 1. The van der Waals surface area contributed by atoms with Gasteiger partial charge >= 0.3 is 0 Å². The Hall–Kier alpha value is -1.02. The fraction of sp³-hybridized carbons (Fsp3) is 0.562. The average molecular weight is 420 g/mol. The van der Waals surface area contributed by atoms with Crippen LogP contribution in [0.5, 0.6) is 0 Å². The molecule has 3 N–H and O–H groups in total. The summed E-state index contributed by atoms with van der Waals surface area (Å²) in [6, 6.07) is 8.79. The zero-order valence-corrected chi connectivity index (χ0v) is 16.3. The normalized spacial score (nSPS) is 12.5. The van der Waals surface area contributed by atoms with E-state index >= 15 is 0 Å². The van der Waals surface area contributed by atoms with Gasteiger partial charge in [-0.3, -0.25) is 4.99 Å². The minimum absolute atomic E-state index is 0. The van der Waals surface area contributed by atoms with Gasteiger partial charge in [-0.05, 0) is 37.5 Å². The third-order valence-corrected chi connectivity index (χ3v) is 3.17. The molecule has 6 heteroatoms. The van der Waals surface area contributed by atoms with Gasteiger partial charge in [0.25, 0.3) is 0 Å². The predicted molar refractivity (Wildman–Crippen MR) is 105 cm³/mol. The molecule has 0 aliphatic heterocycles. The number of nitrogens with two attached hydrogens (primary N) is 1. The highest BCUT2D eigenvalue weighted by molar-refractivity contribution is 14.0. The molecule has 126 valence electrons. The maximum absolute atomic E-state index is 5.82. The van der Waals surface area contributed by atoms with E-state index in [2.05, 4.69) is 39.5 Å². The first-order chi connectivity index (χ1) is 10.0. The van der Waals surface area contributed by atoms with Crippen molar-refractivity contribution in [2.24, 2.45) is 10.7 Å². The summed E-state index contributed by atoms with van der Waals surface area (Å²) in [6.07, 6.45) is 2.00. The average Bonchev–Trinajstić information content (AvgIpc) is 2.44. The van der Waals surface area contributed by atoms with E-state index in [-0.39, 0.29) is 30.0 Å². The second-order valence-corrected chi connectivity index (χ2v) is 5.43. The molecule has 0 saturated carbocycles. The van der Waals surface area contributed by atoms with Crippen LogP contribution in [0.1, 0.15) is 18.9 Å². The number of halogens is 1. The van der Waals surface area contributed by atoms with Crippen LogP contribution in [0.4, 0.5) is 5.69 Å². The molecule has 22 heavy (non-hydrogen) atoms. The van der Waals surface area contributed by atoms with Gasteiger partial charge < -0.3 is 20.7 Å². The number of hydrogen-bond acceptors (Lipinski definition) is 3. The first-order valence-electron chi connectivity index (χ1n) is 7.34. The molecule has 1 rings (SSSR count). The summed E-state index contributed by atoms with van der Waals surface area (Å²) in [4.78, 5) is 6.43. The number of guanidine groups is 1. The van der Waals surface area contributed by atoms with E-state index < -0.39 is 0 Å². The molecular weight excluding hydrogens is 391 g/mol. The first-order valence-corrected chi connectivity index (χ1v) is 7.34. The van der Waals surface area contributed by atoms with Crippen molar-refractivity contribution >= 4 is 35.6 Å². The number of anilines is 1. The van der Waals surface area contributed by atoms with Crippen LogP contribution in [0.3, 0.4) is 0 Å². The third kappa shape index (κ3) is 8.43. The van der Waals surface area contributed by atoms with Crippen molar-refractivity contribution in [1.29, 1.82) is 0 Å². The van der Waals surface area contributed by atoms with E-state index in [0.29, 0.717) is 12.6 Å². The lowest BCUT2D eigenvalue weighted by molar-refractivity contribution is 0.179. The number of nitrogens with zero attached hydrogens (tertiary/aromatic N) is 2. The van der Waals surface area contributed by atoms with Crippen LogP contribution < -0.4 is 16.0 Å². The molecule has 1 aromatic rings. The van der Waals surface area contributed by atoms with Crippen molar-refractivity contribution in [3.63, 3.8) is 0 Å². The molecule has 0 heterocycles. The largest absolute Gasteiger partial charge is 0.383 e. The van der Waals surface area contributed by atoms with Gasteiger partial charge in [-0.15, -0.1) is 24.0 Å². The van der Waals surface area contributed by atoms with Gasteiger partial charge in [0.1, 0.15) is 0 Å². The minimum Gasteiger partial charge on any atom is -0.383 e. The summed E-state index contributed by atoms with van der Waals surface area (Å²) in [5.41, 5.74) is 8.36. The molecule has 0 fully saturated rings. The number of rotatable bonds is 8. The molecule has 1 unspecified atom stereocenters. The molecule has 0 saturated heterocycles. The smallest absolute Gasteiger partial charge is 0.188 e. The van der Waals surface area contributed by atoms with Crippen molar-refractivity contribution in [3.8, 4) is 0 Å². The highest BCUT2D eigenvalue weighted by Crippen LogP contribution is 2.13. The molecule has 0 radical (unpaired) electrons. The van der Waals surface area contributed by atoms with Gasteiger partial charge in [0.15, 0.2) is 5.96 Å². The Kier molecular flexibility index (Phi) is 11.0. The monoisotopic (exact) mass is 420 g/mol. The van der Waals surface area contributed by atoms with Gasteiger partial charge in [-0.2, -0.15) is 0 Å². The van der Waals surface area contributed by atoms with Crippen LogP contribution in [0.2, 0.25) is 0 Å². The Labute approximate surface area is 151 Å². The van der Waals surface area contributed by atoms with Gasteiger partial charge in [-0.25, -0.2) is 0 Å². The summed E-state index contributed by atoms with van der Waals surface area (Å²) in [5, 5.41) is 3.10. The van der Waals surface area contributed by atoms with Crippen molar-refractivity contribution in [3.05, 3.63) is 29.8 Å². The molecule has 0 bridgehead atoms. The summed E-state index contributed by atoms with van der Waals surface area (Å²) in [6.45, 7) is 3.36. The van der Waals surface area contributed by atoms with E-state index in [4.69, 9.17) is 10.5 Å². The number of nitrogens with one attached hydrogen (secondary N) is 1. The zero-order valence-electron chi connectivity index (χ0n) is 14.0. The van der Waals surface area contributed by atoms with E-state index in [1.54, 1.807) is 7.11 Å². The molecule has 0 aromatic heterocycles. The highest BCUT2D eigenvalue weighted by atomic mass is 127. The summed E-state index contributed by atoms with van der Waals surface area (Å²) < 4.78 is 5.04. The summed E-state index contributed by atoms with van der Waals surface area (Å²) in [7, 11) is 5.77. The molecular formula is C16H29IN4O. The molecule has 0 aliphatic carbocycles. The highest BCUT2D eigenvalue weighted by Gasteiger charge is 2.01. The van der Waals surface area contributed by atoms with Crippen molar-refractivity contribution in [2.45, 2.75) is 25.8 Å². The second-order valence-electron chi connectivity index (χ2n) is 5.43. The fourth-order valence-electron chi connectivity index (χ4n) is 2.03. The zero-order chi connectivity index (χ0) is 15.7. The minimum atomic E-state index is 0. The molecule has 0 aliphatic rings. The van der Waals surface area contributed by atoms with E-state index in [1.807, 2.05) is 21.0 Å². The first kappa shape index (κ1) is 21.0. The van der Waals surface area contributed by atoms with Crippen LogP contribution in [-0.4, -0.2) is 46.4 Å². The van der Waals surface area contributed by atoms with Gasteiger partial charge in [-0.1, -0.05) is 12.1 Å². The SMILES string of the molecule is COCC(C)NC(N)=NCCCc1ccc(N(C)C)cc1.I. The van der Waals surface area contributed by atoms with Crippen LogP contribution in [-0.2, 0) is 11.2 Å². The van der Waals surface area contributed by atoms with Crippen LogP contribution in [0.15, 0.2) is 29.3 Å². The van der Waals surface area contributed by atoms with Crippen LogP contribution in [0, 0.1) is 0 Å². The van der Waals surface area contributed by atoms with E-state index in [0.717, 1.165) is 19.4 Å². The number of ether oxygens (including phenoxy) is 1. The van der Waals surface area contributed by atoms with Crippen molar-refractivity contribution in [2.75, 3.05) is 39.3 Å². The molecule has 1 atom stereocenters. The lowest BCUT2D eigenvalue weighted by Gasteiger charge is -2.13. The lowest BCUT2D eigenvalue weighted by atomic mass is 10.1. The van der Waals surface area contributed by atoms with E-state index in [1.165, 1.54) is 11.3 Å². The Morgan fingerprint density at radius 2 is 1.95 bits per heavy atom.